The third-order valence-corrected chi connectivity index (χ3v) is 5.77. The summed E-state index contributed by atoms with van der Waals surface area (Å²) < 4.78 is 45.4. The summed E-state index contributed by atoms with van der Waals surface area (Å²) in [6, 6.07) is 5.96. The van der Waals surface area contributed by atoms with Crippen molar-refractivity contribution >= 4 is 27.0 Å². The van der Waals surface area contributed by atoms with Gasteiger partial charge in [0.25, 0.3) is 5.56 Å². The smallest absolute Gasteiger partial charge is 0.344 e. The van der Waals surface area contributed by atoms with Gasteiger partial charge in [0.05, 0.1) is 23.9 Å². The van der Waals surface area contributed by atoms with Crippen LogP contribution in [0.3, 0.4) is 0 Å². The lowest BCUT2D eigenvalue weighted by atomic mass is 9.99. The molecular weight excluding hydrogens is 437 g/mol. The summed E-state index contributed by atoms with van der Waals surface area (Å²) in [5, 5.41) is 0. The van der Waals surface area contributed by atoms with Crippen LogP contribution in [0.25, 0.3) is 11.0 Å². The molecule has 0 spiro atoms. The number of rotatable bonds is 7. The summed E-state index contributed by atoms with van der Waals surface area (Å²) in [5.74, 6) is -1.16. The number of sulfonamides is 1. The number of fused-ring (bicyclic) bond motifs is 1. The molecule has 170 valence electrons. The van der Waals surface area contributed by atoms with Crippen LogP contribution < -0.4 is 10.3 Å². The van der Waals surface area contributed by atoms with Gasteiger partial charge in [0.1, 0.15) is 11.4 Å². The molecule has 0 bridgehead atoms. The van der Waals surface area contributed by atoms with Crippen molar-refractivity contribution in [3.05, 3.63) is 74.5 Å². The van der Waals surface area contributed by atoms with E-state index in [1.54, 1.807) is 39.2 Å². The van der Waals surface area contributed by atoms with E-state index in [1.807, 2.05) is 0 Å². The molecule has 1 N–H and O–H groups in total. The van der Waals surface area contributed by atoms with Crippen LogP contribution in [0, 0.1) is 12.7 Å². The van der Waals surface area contributed by atoms with Gasteiger partial charge in [-0.15, -0.1) is 0 Å². The first-order valence-corrected chi connectivity index (χ1v) is 11.8. The average molecular weight is 462 g/mol. The molecule has 0 fully saturated rings. The van der Waals surface area contributed by atoms with Crippen molar-refractivity contribution in [1.82, 2.24) is 14.3 Å². The Hall–Kier alpha value is -3.11. The summed E-state index contributed by atoms with van der Waals surface area (Å²) in [4.78, 5) is 29.5. The Labute approximate surface area is 185 Å². The van der Waals surface area contributed by atoms with Crippen molar-refractivity contribution in [3.63, 3.8) is 0 Å². The number of carbonyl (C=O) groups excluding carboxylic acids is 1. The van der Waals surface area contributed by atoms with E-state index in [0.717, 1.165) is 11.8 Å². The lowest BCUT2D eigenvalue weighted by Crippen LogP contribution is -2.27. The van der Waals surface area contributed by atoms with Crippen molar-refractivity contribution in [2.24, 2.45) is 7.05 Å². The minimum Gasteiger partial charge on any atom is -0.462 e. The van der Waals surface area contributed by atoms with Gasteiger partial charge >= 0.3 is 5.97 Å². The van der Waals surface area contributed by atoms with Crippen LogP contribution in [-0.4, -0.2) is 36.8 Å². The number of nitrogens with zero attached hydrogens (tertiary/aromatic N) is 2. The maximum absolute atomic E-state index is 13.7. The summed E-state index contributed by atoms with van der Waals surface area (Å²) in [7, 11) is -1.89. The van der Waals surface area contributed by atoms with E-state index < -0.39 is 27.4 Å². The monoisotopic (exact) mass is 461 g/mol. The van der Waals surface area contributed by atoms with Gasteiger partial charge in [-0.25, -0.2) is 22.3 Å². The highest BCUT2D eigenvalue weighted by atomic mass is 32.2. The lowest BCUT2D eigenvalue weighted by molar-refractivity contribution is 0.0523. The van der Waals surface area contributed by atoms with Crippen molar-refractivity contribution in [3.8, 4) is 0 Å². The zero-order valence-electron chi connectivity index (χ0n) is 18.2. The molecule has 0 saturated carbocycles. The number of aromatic nitrogens is 2. The van der Waals surface area contributed by atoms with Crippen molar-refractivity contribution < 1.29 is 22.3 Å². The molecule has 0 aliphatic heterocycles. The fourth-order valence-electron chi connectivity index (χ4n) is 3.50. The minimum atomic E-state index is -3.44. The first kappa shape index (κ1) is 23.6. The standard InChI is InChI=1S/C22H24FN3O5S/c1-5-31-22(28)19-13(2)20-18(26(3)21(19)27)9-14(11-24-20)8-15-6-7-17(23)10-16(15)12-25-32(4,29)30/h6-7,9-11,25H,5,8,12H2,1-4H3. The molecule has 32 heavy (non-hydrogen) atoms. The third-order valence-electron chi connectivity index (χ3n) is 5.10. The number of benzene rings is 1. The Balaban J connectivity index is 2.04. The number of ether oxygens (including phenoxy) is 1. The average Bonchev–Trinajstić information content (AvgIpc) is 2.72. The van der Waals surface area contributed by atoms with Crippen LogP contribution in [-0.2, 0) is 34.8 Å². The summed E-state index contributed by atoms with van der Waals surface area (Å²) in [6.07, 6.45) is 3.00. The van der Waals surface area contributed by atoms with Crippen LogP contribution in [0.5, 0.6) is 0 Å². The van der Waals surface area contributed by atoms with Gasteiger partial charge in [-0.2, -0.15) is 0 Å². The predicted molar refractivity (Wildman–Crippen MR) is 119 cm³/mol. The van der Waals surface area contributed by atoms with Gasteiger partial charge in [0.15, 0.2) is 0 Å². The number of pyridine rings is 2. The van der Waals surface area contributed by atoms with Gasteiger partial charge < -0.3 is 9.30 Å². The Morgan fingerprint density at radius 3 is 2.62 bits per heavy atom. The van der Waals surface area contributed by atoms with Gasteiger partial charge in [0.2, 0.25) is 10.0 Å². The molecule has 3 aromatic rings. The van der Waals surface area contributed by atoms with Crippen LogP contribution >= 0.6 is 0 Å². The van der Waals surface area contributed by atoms with E-state index >= 15 is 0 Å². The van der Waals surface area contributed by atoms with Crippen LogP contribution in [0.1, 0.15) is 39.5 Å². The normalized spacial score (nSPS) is 11.7. The largest absolute Gasteiger partial charge is 0.462 e. The predicted octanol–water partition coefficient (Wildman–Crippen LogP) is 2.20. The molecule has 10 heteroatoms. The molecule has 3 rings (SSSR count). The van der Waals surface area contributed by atoms with Crippen LogP contribution in [0.2, 0.25) is 0 Å². The summed E-state index contributed by atoms with van der Waals surface area (Å²) >= 11 is 0. The zero-order valence-corrected chi connectivity index (χ0v) is 19.0. The van der Waals surface area contributed by atoms with E-state index in [0.29, 0.717) is 34.1 Å². The second-order valence-electron chi connectivity index (χ2n) is 7.48. The van der Waals surface area contributed by atoms with E-state index in [1.165, 1.54) is 16.7 Å². The molecular formula is C22H24FN3O5S. The molecule has 2 heterocycles. The van der Waals surface area contributed by atoms with E-state index in [2.05, 4.69) is 9.71 Å². The molecule has 0 saturated heterocycles. The Kier molecular flexibility index (Phi) is 6.75. The first-order chi connectivity index (χ1) is 15.0. The van der Waals surface area contributed by atoms with Crippen LogP contribution in [0.15, 0.2) is 35.3 Å². The molecule has 2 aromatic heterocycles. The quantitative estimate of drug-likeness (QED) is 0.541. The van der Waals surface area contributed by atoms with Gasteiger partial charge in [-0.05, 0) is 60.7 Å². The maximum atomic E-state index is 13.7. The summed E-state index contributed by atoms with van der Waals surface area (Å²) in [5.41, 5.74) is 2.90. The number of nitrogens with one attached hydrogen (secondary N) is 1. The first-order valence-electron chi connectivity index (χ1n) is 9.89. The second-order valence-corrected chi connectivity index (χ2v) is 9.31. The van der Waals surface area contributed by atoms with Crippen LogP contribution in [0.4, 0.5) is 4.39 Å². The Bertz CT molecular complexity index is 1370. The highest BCUT2D eigenvalue weighted by molar-refractivity contribution is 7.88. The van der Waals surface area contributed by atoms with Crippen molar-refractivity contribution in [2.45, 2.75) is 26.8 Å². The Morgan fingerprint density at radius 2 is 1.97 bits per heavy atom. The number of hydrogen-bond donors (Lipinski definition) is 1. The molecule has 1 aromatic carbocycles. The Morgan fingerprint density at radius 1 is 1.25 bits per heavy atom. The maximum Gasteiger partial charge on any atom is 0.344 e. The zero-order chi connectivity index (χ0) is 23.6. The molecule has 0 aliphatic carbocycles. The fourth-order valence-corrected chi connectivity index (χ4v) is 3.91. The third kappa shape index (κ3) is 5.03. The van der Waals surface area contributed by atoms with E-state index in [9.17, 15) is 22.4 Å². The van der Waals surface area contributed by atoms with Crippen molar-refractivity contribution in [1.29, 1.82) is 0 Å². The molecule has 0 aliphatic rings. The van der Waals surface area contributed by atoms with Gasteiger partial charge in [-0.3, -0.25) is 9.78 Å². The number of aryl methyl sites for hydroxylation is 2. The summed E-state index contributed by atoms with van der Waals surface area (Å²) in [6.45, 7) is 3.42. The highest BCUT2D eigenvalue weighted by Gasteiger charge is 2.21. The number of hydrogen-bond acceptors (Lipinski definition) is 6. The SMILES string of the molecule is CCOC(=O)c1c(C)c2ncc(Cc3ccc(F)cc3CNS(C)(=O)=O)cc2n(C)c1=O. The number of carbonyl (C=O) groups is 1. The van der Waals surface area contributed by atoms with E-state index in [-0.39, 0.29) is 18.7 Å². The minimum absolute atomic E-state index is 0.0465. The number of esters is 1. The number of halogens is 1. The van der Waals surface area contributed by atoms with Gasteiger partial charge in [0, 0.05) is 19.8 Å². The molecule has 0 radical (unpaired) electrons. The van der Waals surface area contributed by atoms with Crippen molar-refractivity contribution in [2.75, 3.05) is 12.9 Å². The molecule has 8 nitrogen and oxygen atoms in total. The highest BCUT2D eigenvalue weighted by Crippen LogP contribution is 2.22. The molecule has 0 amide bonds. The van der Waals surface area contributed by atoms with E-state index in [4.69, 9.17) is 4.74 Å². The fraction of sp³-hybridized carbons (Fsp3) is 0.318. The molecule has 0 unspecified atom stereocenters. The van der Waals surface area contributed by atoms with Gasteiger partial charge in [-0.1, -0.05) is 6.07 Å². The topological polar surface area (TPSA) is 107 Å². The lowest BCUT2D eigenvalue weighted by Gasteiger charge is -2.14. The second kappa shape index (κ2) is 9.17. The molecule has 0 atom stereocenters.